The predicted octanol–water partition coefficient (Wildman–Crippen LogP) is 2.03. The second kappa shape index (κ2) is 3.00. The number of nitrogens with zero attached hydrogens (tertiary/aromatic N) is 1. The van der Waals surface area contributed by atoms with E-state index in [0.29, 0.717) is 16.9 Å². The molecule has 3 N–H and O–H groups in total. The number of imidazole rings is 1. The number of aromatic nitrogens is 2. The van der Waals surface area contributed by atoms with Gasteiger partial charge in [-0.1, -0.05) is 0 Å². The van der Waals surface area contributed by atoms with Crippen molar-refractivity contribution in [2.24, 2.45) is 5.73 Å². The van der Waals surface area contributed by atoms with Gasteiger partial charge in [-0.05, 0) is 13.8 Å². The first-order chi connectivity index (χ1) is 6.88. The fourth-order valence-corrected chi connectivity index (χ4v) is 1.31. The van der Waals surface area contributed by atoms with Crippen LogP contribution in [0.2, 0.25) is 0 Å². The van der Waals surface area contributed by atoms with Crippen LogP contribution in [0.5, 0.6) is 0 Å². The van der Waals surface area contributed by atoms with Crippen molar-refractivity contribution in [3.63, 3.8) is 0 Å². The molecule has 0 fully saturated rings. The van der Waals surface area contributed by atoms with E-state index in [9.17, 15) is 8.78 Å². The van der Waals surface area contributed by atoms with Crippen molar-refractivity contribution in [1.29, 1.82) is 0 Å². The highest BCUT2D eigenvalue weighted by Gasteiger charge is 2.19. The van der Waals surface area contributed by atoms with Gasteiger partial charge in [-0.25, -0.2) is 13.8 Å². The van der Waals surface area contributed by atoms with Crippen LogP contribution in [0, 0.1) is 11.6 Å². The number of halogens is 2. The highest BCUT2D eigenvalue weighted by Crippen LogP contribution is 2.20. The minimum atomic E-state index is -0.907. The summed E-state index contributed by atoms with van der Waals surface area (Å²) < 4.78 is 25.8. The van der Waals surface area contributed by atoms with Gasteiger partial charge in [0.05, 0.1) is 16.6 Å². The van der Waals surface area contributed by atoms with E-state index >= 15 is 0 Å². The summed E-state index contributed by atoms with van der Waals surface area (Å²) in [6.45, 7) is 3.52. The van der Waals surface area contributed by atoms with Crippen molar-refractivity contribution < 1.29 is 8.78 Å². The molecule has 1 aromatic carbocycles. The summed E-state index contributed by atoms with van der Waals surface area (Å²) in [7, 11) is 0. The summed E-state index contributed by atoms with van der Waals surface area (Å²) in [5.74, 6) is -1.30. The molecule has 0 aliphatic heterocycles. The minimum Gasteiger partial charge on any atom is -0.340 e. The topological polar surface area (TPSA) is 54.7 Å². The van der Waals surface area contributed by atoms with E-state index in [1.807, 2.05) is 0 Å². The molecule has 0 saturated heterocycles. The van der Waals surface area contributed by atoms with Gasteiger partial charge in [0.1, 0.15) is 5.82 Å². The van der Waals surface area contributed by atoms with Gasteiger partial charge in [-0.3, -0.25) is 0 Å². The van der Waals surface area contributed by atoms with Gasteiger partial charge in [-0.15, -0.1) is 0 Å². The highest BCUT2D eigenvalue weighted by molar-refractivity contribution is 5.75. The van der Waals surface area contributed by atoms with Gasteiger partial charge >= 0.3 is 0 Å². The van der Waals surface area contributed by atoms with E-state index < -0.39 is 17.2 Å². The second-order valence-corrected chi connectivity index (χ2v) is 4.09. The fourth-order valence-electron chi connectivity index (χ4n) is 1.31. The molecule has 2 rings (SSSR count). The molecule has 1 aromatic heterocycles. The van der Waals surface area contributed by atoms with Gasteiger partial charge in [0.2, 0.25) is 0 Å². The van der Waals surface area contributed by atoms with Crippen LogP contribution in [0.1, 0.15) is 19.7 Å². The summed E-state index contributed by atoms with van der Waals surface area (Å²) in [5, 5.41) is 0. The molecule has 3 nitrogen and oxygen atoms in total. The molecule has 0 saturated carbocycles. The summed E-state index contributed by atoms with van der Waals surface area (Å²) in [6, 6.07) is 2.13. The number of hydrogen-bond acceptors (Lipinski definition) is 2. The second-order valence-electron chi connectivity index (χ2n) is 4.09. The summed E-state index contributed by atoms with van der Waals surface area (Å²) >= 11 is 0. The number of nitrogens with two attached hydrogens (primary N) is 1. The third kappa shape index (κ3) is 1.70. The summed E-state index contributed by atoms with van der Waals surface area (Å²) in [6.07, 6.45) is 0. The van der Waals surface area contributed by atoms with Crippen LogP contribution < -0.4 is 5.73 Å². The molecule has 5 heteroatoms. The molecule has 0 unspecified atom stereocenters. The number of rotatable bonds is 1. The Hall–Kier alpha value is -1.49. The molecule has 0 radical (unpaired) electrons. The number of H-pyrrole nitrogens is 1. The van der Waals surface area contributed by atoms with Gasteiger partial charge in [0.15, 0.2) is 11.6 Å². The molecule has 0 aliphatic carbocycles. The van der Waals surface area contributed by atoms with E-state index in [4.69, 9.17) is 5.73 Å². The van der Waals surface area contributed by atoms with E-state index in [-0.39, 0.29) is 0 Å². The zero-order valence-electron chi connectivity index (χ0n) is 8.44. The number of nitrogens with one attached hydrogen (secondary N) is 1. The lowest BCUT2D eigenvalue weighted by molar-refractivity contribution is 0.510. The molecule has 0 aliphatic rings. The zero-order chi connectivity index (χ0) is 11.2. The van der Waals surface area contributed by atoms with Crippen LogP contribution >= 0.6 is 0 Å². The maximum absolute atomic E-state index is 12.9. The molecule has 0 amide bonds. The fraction of sp³-hybridized carbons (Fsp3) is 0.300. The average molecular weight is 211 g/mol. The number of benzene rings is 1. The van der Waals surface area contributed by atoms with Crippen molar-refractivity contribution in [2.75, 3.05) is 0 Å². The quantitative estimate of drug-likeness (QED) is 0.758. The van der Waals surface area contributed by atoms with Gasteiger partial charge in [0, 0.05) is 12.1 Å². The van der Waals surface area contributed by atoms with Crippen molar-refractivity contribution in [2.45, 2.75) is 19.4 Å². The number of fused-ring (bicyclic) bond motifs is 1. The highest BCUT2D eigenvalue weighted by atomic mass is 19.2. The molecule has 0 bridgehead atoms. The van der Waals surface area contributed by atoms with Crippen LogP contribution in [0.15, 0.2) is 12.1 Å². The first-order valence-electron chi connectivity index (χ1n) is 4.52. The maximum Gasteiger partial charge on any atom is 0.161 e. The van der Waals surface area contributed by atoms with E-state index in [0.717, 1.165) is 12.1 Å². The van der Waals surface area contributed by atoms with E-state index in [1.54, 1.807) is 13.8 Å². The summed E-state index contributed by atoms with van der Waals surface area (Å²) in [5.41, 5.74) is 5.98. The van der Waals surface area contributed by atoms with Crippen molar-refractivity contribution in [1.82, 2.24) is 9.97 Å². The largest absolute Gasteiger partial charge is 0.340 e. The third-order valence-corrected chi connectivity index (χ3v) is 2.13. The Morgan fingerprint density at radius 2 is 1.87 bits per heavy atom. The summed E-state index contributed by atoms with van der Waals surface area (Å²) in [4.78, 5) is 6.96. The molecule has 80 valence electrons. The first kappa shape index (κ1) is 10.0. The van der Waals surface area contributed by atoms with Crippen LogP contribution in [-0.4, -0.2) is 9.97 Å². The molecule has 1 heterocycles. The molecule has 15 heavy (non-hydrogen) atoms. The molecule has 2 aromatic rings. The Balaban J connectivity index is 2.66. The predicted molar refractivity (Wildman–Crippen MR) is 53.2 cm³/mol. The Morgan fingerprint density at radius 3 is 2.47 bits per heavy atom. The Kier molecular flexibility index (Phi) is 2.01. The van der Waals surface area contributed by atoms with Gasteiger partial charge in [0.25, 0.3) is 0 Å². The lowest BCUT2D eigenvalue weighted by Gasteiger charge is -2.13. The standard InChI is InChI=1S/C10H11F2N3/c1-10(2,13)9-14-7-3-5(11)6(12)4-8(7)15-9/h3-4H,13H2,1-2H3,(H,14,15). The Morgan fingerprint density at radius 1 is 1.27 bits per heavy atom. The van der Waals surface area contributed by atoms with Crippen molar-refractivity contribution >= 4 is 11.0 Å². The van der Waals surface area contributed by atoms with E-state index in [2.05, 4.69) is 9.97 Å². The lowest BCUT2D eigenvalue weighted by atomic mass is 10.1. The lowest BCUT2D eigenvalue weighted by Crippen LogP contribution is -2.30. The zero-order valence-corrected chi connectivity index (χ0v) is 8.44. The SMILES string of the molecule is CC(C)(N)c1nc2cc(F)c(F)cc2[nH]1. The first-order valence-corrected chi connectivity index (χ1v) is 4.52. The monoisotopic (exact) mass is 211 g/mol. The molecular weight excluding hydrogens is 200 g/mol. The smallest absolute Gasteiger partial charge is 0.161 e. The molecule has 0 atom stereocenters. The maximum atomic E-state index is 12.9. The number of aromatic amines is 1. The minimum absolute atomic E-state index is 0.377. The number of hydrogen-bond donors (Lipinski definition) is 2. The van der Waals surface area contributed by atoms with Crippen LogP contribution in [-0.2, 0) is 5.54 Å². The van der Waals surface area contributed by atoms with Crippen molar-refractivity contribution in [3.8, 4) is 0 Å². The Labute approximate surface area is 85.3 Å². The van der Waals surface area contributed by atoms with Crippen LogP contribution in [0.4, 0.5) is 8.78 Å². The van der Waals surface area contributed by atoms with Crippen molar-refractivity contribution in [3.05, 3.63) is 29.6 Å². The molecular formula is C10H11F2N3. The van der Waals surface area contributed by atoms with Crippen LogP contribution in [0.3, 0.4) is 0 Å². The third-order valence-electron chi connectivity index (χ3n) is 2.13. The molecule has 0 spiro atoms. The van der Waals surface area contributed by atoms with Gasteiger partial charge in [-0.2, -0.15) is 0 Å². The Bertz CT molecular complexity index is 472. The van der Waals surface area contributed by atoms with E-state index in [1.165, 1.54) is 0 Å². The average Bonchev–Trinajstić information content (AvgIpc) is 2.47. The normalized spacial score (nSPS) is 12.3. The van der Waals surface area contributed by atoms with Gasteiger partial charge < -0.3 is 10.7 Å². The van der Waals surface area contributed by atoms with Crippen LogP contribution in [0.25, 0.3) is 11.0 Å².